The molecule has 9 heteroatoms. The van der Waals surface area contributed by atoms with Crippen LogP contribution in [0.2, 0.25) is 5.02 Å². The Morgan fingerprint density at radius 2 is 2.07 bits per heavy atom. The second-order valence-electron chi connectivity index (χ2n) is 7.34. The zero-order valence-corrected chi connectivity index (χ0v) is 17.2. The van der Waals surface area contributed by atoms with E-state index >= 15 is 0 Å². The molecule has 2 N–H and O–H groups in total. The van der Waals surface area contributed by atoms with Gasteiger partial charge < -0.3 is 15.4 Å². The first-order chi connectivity index (χ1) is 14.2. The first kappa shape index (κ1) is 22.4. The maximum Gasteiger partial charge on any atom is 0.417 e. The number of carbonyl (C=O) groups is 1. The molecule has 3 rings (SSSR count). The van der Waals surface area contributed by atoms with Gasteiger partial charge in [0.1, 0.15) is 5.82 Å². The van der Waals surface area contributed by atoms with Crippen LogP contribution in [0, 0.1) is 12.8 Å². The smallest absolute Gasteiger partial charge is 0.381 e. The summed E-state index contributed by atoms with van der Waals surface area (Å²) in [7, 11) is 0. The number of hydrogen-bond donors (Lipinski definition) is 2. The van der Waals surface area contributed by atoms with Gasteiger partial charge in [0.2, 0.25) is 0 Å². The molecule has 2 aromatic rings. The van der Waals surface area contributed by atoms with Crippen LogP contribution in [0.5, 0.6) is 0 Å². The molecule has 1 saturated heterocycles. The average molecular weight is 442 g/mol. The standard InChI is InChI=1S/C21H23ClF3N3O2/c1-13-4-5-18(17(22)9-13)28-19-10-16(21(23,24)25)15(12-26-19)20(29)27-11-14-3-2-7-30-8-6-14/h4-5,9-10,12,14H,2-3,6-8,11H2,1H3,(H,26,28)(H,27,29). The second-order valence-corrected chi connectivity index (χ2v) is 7.75. The highest BCUT2D eigenvalue weighted by Gasteiger charge is 2.36. The Kier molecular flexibility index (Phi) is 7.20. The van der Waals surface area contributed by atoms with Gasteiger partial charge in [-0.3, -0.25) is 4.79 Å². The lowest BCUT2D eigenvalue weighted by Crippen LogP contribution is -2.31. The highest BCUT2D eigenvalue weighted by Crippen LogP contribution is 2.34. The fourth-order valence-electron chi connectivity index (χ4n) is 3.31. The maximum absolute atomic E-state index is 13.6. The molecule has 1 aromatic carbocycles. The fraction of sp³-hybridized carbons (Fsp3) is 0.429. The van der Waals surface area contributed by atoms with E-state index in [9.17, 15) is 18.0 Å². The monoisotopic (exact) mass is 441 g/mol. The van der Waals surface area contributed by atoms with E-state index in [0.29, 0.717) is 30.5 Å². The summed E-state index contributed by atoms with van der Waals surface area (Å²) in [4.78, 5) is 16.5. The number of nitrogens with one attached hydrogen (secondary N) is 2. The van der Waals surface area contributed by atoms with Crippen molar-refractivity contribution in [3.8, 4) is 0 Å². The predicted octanol–water partition coefficient (Wildman–Crippen LogP) is 5.35. The molecule has 1 amide bonds. The van der Waals surface area contributed by atoms with Gasteiger partial charge in [0.05, 0.1) is 21.8 Å². The van der Waals surface area contributed by atoms with Crippen molar-refractivity contribution in [2.45, 2.75) is 32.4 Å². The lowest BCUT2D eigenvalue weighted by molar-refractivity contribution is -0.137. The van der Waals surface area contributed by atoms with Crippen LogP contribution in [0.1, 0.15) is 40.7 Å². The number of aromatic nitrogens is 1. The van der Waals surface area contributed by atoms with Crippen molar-refractivity contribution in [1.29, 1.82) is 0 Å². The number of pyridine rings is 1. The van der Waals surface area contributed by atoms with Crippen molar-refractivity contribution in [1.82, 2.24) is 10.3 Å². The molecule has 30 heavy (non-hydrogen) atoms. The van der Waals surface area contributed by atoms with E-state index in [1.54, 1.807) is 18.2 Å². The number of nitrogens with zero attached hydrogens (tertiary/aromatic N) is 1. The molecule has 162 valence electrons. The highest BCUT2D eigenvalue weighted by molar-refractivity contribution is 6.33. The normalized spacial score (nSPS) is 17.3. The van der Waals surface area contributed by atoms with E-state index in [1.807, 2.05) is 6.92 Å². The molecule has 1 unspecified atom stereocenters. The second kappa shape index (κ2) is 9.66. The van der Waals surface area contributed by atoms with Gasteiger partial charge in [0, 0.05) is 26.0 Å². The summed E-state index contributed by atoms with van der Waals surface area (Å²) in [6.07, 6.45) is -1.26. The van der Waals surface area contributed by atoms with E-state index in [1.165, 1.54) is 0 Å². The van der Waals surface area contributed by atoms with Crippen molar-refractivity contribution >= 4 is 29.0 Å². The minimum atomic E-state index is -4.71. The van der Waals surface area contributed by atoms with Gasteiger partial charge in [-0.25, -0.2) is 4.98 Å². The molecule has 1 aliphatic heterocycles. The van der Waals surface area contributed by atoms with Gasteiger partial charge in [-0.1, -0.05) is 17.7 Å². The largest absolute Gasteiger partial charge is 0.417 e. The van der Waals surface area contributed by atoms with E-state index in [2.05, 4.69) is 15.6 Å². The van der Waals surface area contributed by atoms with Gasteiger partial charge in [-0.15, -0.1) is 0 Å². The van der Waals surface area contributed by atoms with Crippen LogP contribution in [0.3, 0.4) is 0 Å². The summed E-state index contributed by atoms with van der Waals surface area (Å²) in [5, 5.41) is 5.76. The Morgan fingerprint density at radius 1 is 1.27 bits per heavy atom. The van der Waals surface area contributed by atoms with Crippen LogP contribution in [0.15, 0.2) is 30.5 Å². The van der Waals surface area contributed by atoms with Gasteiger partial charge in [-0.2, -0.15) is 13.2 Å². The van der Waals surface area contributed by atoms with Gasteiger partial charge >= 0.3 is 6.18 Å². The minimum absolute atomic E-state index is 0.0504. The number of carbonyl (C=O) groups excluding carboxylic acids is 1. The Balaban J connectivity index is 1.77. The van der Waals surface area contributed by atoms with Crippen LogP contribution < -0.4 is 10.6 Å². The van der Waals surface area contributed by atoms with Crippen LogP contribution in [-0.4, -0.2) is 30.6 Å². The van der Waals surface area contributed by atoms with Crippen molar-refractivity contribution in [2.75, 3.05) is 25.1 Å². The summed E-state index contributed by atoms with van der Waals surface area (Å²) in [6.45, 7) is 3.42. The number of ether oxygens (including phenoxy) is 1. The number of benzene rings is 1. The van der Waals surface area contributed by atoms with Gasteiger partial charge in [0.25, 0.3) is 5.91 Å². The molecular weight excluding hydrogens is 419 g/mol. The minimum Gasteiger partial charge on any atom is -0.381 e. The molecule has 1 atom stereocenters. The summed E-state index contributed by atoms with van der Waals surface area (Å²) in [5.41, 5.74) is -0.213. The number of hydrogen-bond acceptors (Lipinski definition) is 4. The van der Waals surface area contributed by atoms with E-state index in [-0.39, 0.29) is 11.7 Å². The quantitative estimate of drug-likeness (QED) is 0.656. The molecule has 5 nitrogen and oxygen atoms in total. The van der Waals surface area contributed by atoms with Crippen molar-refractivity contribution in [3.05, 3.63) is 52.2 Å². The average Bonchev–Trinajstić information content (AvgIpc) is 2.96. The topological polar surface area (TPSA) is 63.2 Å². The van der Waals surface area contributed by atoms with E-state index in [0.717, 1.165) is 37.1 Å². The molecule has 1 aliphatic rings. The van der Waals surface area contributed by atoms with Gasteiger partial charge in [0.15, 0.2) is 0 Å². The third-order valence-electron chi connectivity index (χ3n) is 4.96. The summed E-state index contributed by atoms with van der Waals surface area (Å²) in [6, 6.07) is 5.95. The molecule has 2 heterocycles. The maximum atomic E-state index is 13.6. The zero-order valence-electron chi connectivity index (χ0n) is 16.5. The van der Waals surface area contributed by atoms with Crippen LogP contribution in [0.25, 0.3) is 0 Å². The number of anilines is 2. The Morgan fingerprint density at radius 3 is 2.80 bits per heavy atom. The zero-order chi connectivity index (χ0) is 21.7. The summed E-state index contributed by atoms with van der Waals surface area (Å²) < 4.78 is 46.3. The van der Waals surface area contributed by atoms with Crippen LogP contribution >= 0.6 is 11.6 Å². The fourth-order valence-corrected chi connectivity index (χ4v) is 3.59. The van der Waals surface area contributed by atoms with Crippen LogP contribution in [0.4, 0.5) is 24.7 Å². The Hall–Kier alpha value is -2.32. The third-order valence-corrected chi connectivity index (χ3v) is 5.28. The van der Waals surface area contributed by atoms with Crippen molar-refractivity contribution in [2.24, 2.45) is 5.92 Å². The molecule has 0 aliphatic carbocycles. The predicted molar refractivity (Wildman–Crippen MR) is 109 cm³/mol. The van der Waals surface area contributed by atoms with E-state index in [4.69, 9.17) is 16.3 Å². The highest BCUT2D eigenvalue weighted by atomic mass is 35.5. The first-order valence-electron chi connectivity index (χ1n) is 9.70. The Labute approximate surface area is 178 Å². The lowest BCUT2D eigenvalue weighted by Gasteiger charge is -2.17. The summed E-state index contributed by atoms with van der Waals surface area (Å²) in [5.74, 6) is -0.659. The third kappa shape index (κ3) is 5.86. The molecule has 0 radical (unpaired) electrons. The van der Waals surface area contributed by atoms with Gasteiger partial charge in [-0.05, 0) is 55.9 Å². The molecule has 1 aromatic heterocycles. The number of rotatable bonds is 5. The molecule has 1 fully saturated rings. The molecule has 0 saturated carbocycles. The lowest BCUT2D eigenvalue weighted by atomic mass is 10.0. The molecule has 0 bridgehead atoms. The SMILES string of the molecule is Cc1ccc(Nc2cc(C(F)(F)F)c(C(=O)NCC3CCCOCC3)cn2)c(Cl)c1. The van der Waals surface area contributed by atoms with Crippen molar-refractivity contribution in [3.63, 3.8) is 0 Å². The molecule has 0 spiro atoms. The Bertz CT molecular complexity index is 898. The molecular formula is C21H23ClF3N3O2. The number of amides is 1. The number of aryl methyl sites for hydroxylation is 1. The summed E-state index contributed by atoms with van der Waals surface area (Å²) >= 11 is 6.13. The number of alkyl halides is 3. The first-order valence-corrected chi connectivity index (χ1v) is 10.1. The van der Waals surface area contributed by atoms with Crippen LogP contribution in [-0.2, 0) is 10.9 Å². The van der Waals surface area contributed by atoms with E-state index < -0.39 is 23.2 Å². The number of halogens is 4. The van der Waals surface area contributed by atoms with Crippen molar-refractivity contribution < 1.29 is 22.7 Å².